The molecule has 0 saturated carbocycles. The SMILES string of the molecule is O=C[C@H]1[C@@H](C=CCCCCC(=O)O)[C@H]2CC[C@@H]1O2. The Bertz CT molecular complexity index is 337. The summed E-state index contributed by atoms with van der Waals surface area (Å²) in [5, 5.41) is 8.51. The maximum atomic E-state index is 11.0. The van der Waals surface area contributed by atoms with Crippen molar-refractivity contribution in [3.05, 3.63) is 12.2 Å². The Morgan fingerprint density at radius 1 is 1.22 bits per heavy atom. The number of carbonyl (C=O) groups excluding carboxylic acids is 1. The van der Waals surface area contributed by atoms with Crippen LogP contribution in [0.1, 0.15) is 38.5 Å². The summed E-state index contributed by atoms with van der Waals surface area (Å²) in [5.74, 6) is -0.471. The second-order valence-corrected chi connectivity index (χ2v) is 5.15. The highest BCUT2D eigenvalue weighted by Crippen LogP contribution is 2.43. The van der Waals surface area contributed by atoms with Crippen LogP contribution in [0.5, 0.6) is 0 Å². The van der Waals surface area contributed by atoms with Crippen LogP contribution in [-0.2, 0) is 14.3 Å². The summed E-state index contributed by atoms with van der Waals surface area (Å²) in [7, 11) is 0. The molecule has 0 aromatic carbocycles. The van der Waals surface area contributed by atoms with Crippen molar-refractivity contribution in [1.29, 1.82) is 0 Å². The predicted octanol–water partition coefficient (Wildman–Crippen LogP) is 2.18. The summed E-state index contributed by atoms with van der Waals surface area (Å²) in [6, 6.07) is 0. The van der Waals surface area contributed by atoms with E-state index in [-0.39, 0.29) is 30.5 Å². The number of hydrogen-bond donors (Lipinski definition) is 1. The summed E-state index contributed by atoms with van der Waals surface area (Å²) >= 11 is 0. The molecular formula is C14H20O4. The Morgan fingerprint density at radius 3 is 2.61 bits per heavy atom. The van der Waals surface area contributed by atoms with E-state index in [0.717, 1.165) is 32.0 Å². The normalized spacial score (nSPS) is 34.2. The second-order valence-electron chi connectivity index (χ2n) is 5.15. The molecular weight excluding hydrogens is 232 g/mol. The third kappa shape index (κ3) is 2.99. The van der Waals surface area contributed by atoms with E-state index in [1.807, 2.05) is 0 Å². The Hall–Kier alpha value is -1.16. The fourth-order valence-corrected chi connectivity index (χ4v) is 2.97. The quantitative estimate of drug-likeness (QED) is 0.428. The summed E-state index contributed by atoms with van der Waals surface area (Å²) in [5.41, 5.74) is 0. The zero-order valence-electron chi connectivity index (χ0n) is 10.5. The van der Waals surface area contributed by atoms with Crippen molar-refractivity contribution in [2.24, 2.45) is 11.8 Å². The molecule has 100 valence electrons. The molecule has 2 aliphatic heterocycles. The van der Waals surface area contributed by atoms with Crippen LogP contribution in [0.15, 0.2) is 12.2 Å². The largest absolute Gasteiger partial charge is 0.481 e. The van der Waals surface area contributed by atoms with Crippen LogP contribution in [0.25, 0.3) is 0 Å². The first kappa shape index (κ1) is 13.3. The van der Waals surface area contributed by atoms with Gasteiger partial charge < -0.3 is 14.6 Å². The van der Waals surface area contributed by atoms with Crippen molar-refractivity contribution < 1.29 is 19.4 Å². The van der Waals surface area contributed by atoms with E-state index >= 15 is 0 Å². The van der Waals surface area contributed by atoms with E-state index in [9.17, 15) is 9.59 Å². The van der Waals surface area contributed by atoms with E-state index in [0.29, 0.717) is 6.42 Å². The number of unbranched alkanes of at least 4 members (excludes halogenated alkanes) is 2. The summed E-state index contributed by atoms with van der Waals surface area (Å²) in [6.45, 7) is 0. The van der Waals surface area contributed by atoms with Crippen LogP contribution in [-0.4, -0.2) is 29.6 Å². The van der Waals surface area contributed by atoms with Gasteiger partial charge in [-0.1, -0.05) is 12.2 Å². The van der Waals surface area contributed by atoms with Gasteiger partial charge in [0.1, 0.15) is 6.29 Å². The minimum Gasteiger partial charge on any atom is -0.481 e. The monoisotopic (exact) mass is 252 g/mol. The van der Waals surface area contributed by atoms with Crippen molar-refractivity contribution in [3.8, 4) is 0 Å². The van der Waals surface area contributed by atoms with Crippen molar-refractivity contribution >= 4 is 12.3 Å². The lowest BCUT2D eigenvalue weighted by Gasteiger charge is -2.20. The Balaban J connectivity index is 1.72. The Kier molecular flexibility index (Phi) is 4.53. The molecule has 0 aliphatic carbocycles. The van der Waals surface area contributed by atoms with E-state index < -0.39 is 5.97 Å². The molecule has 0 amide bonds. The molecule has 4 atom stereocenters. The van der Waals surface area contributed by atoms with Crippen molar-refractivity contribution in [2.75, 3.05) is 0 Å². The standard InChI is InChI=1S/C14H20O4/c15-9-11-10(12-7-8-13(11)18-12)5-3-1-2-4-6-14(16)17/h3,5,9-13H,1-2,4,6-8H2,(H,16,17)/t10-,11+,12-,13+/m1/s1. The van der Waals surface area contributed by atoms with Gasteiger partial charge in [-0.05, 0) is 32.1 Å². The molecule has 2 bridgehead atoms. The average Bonchev–Trinajstić information content (AvgIpc) is 2.93. The van der Waals surface area contributed by atoms with Gasteiger partial charge >= 0.3 is 5.97 Å². The van der Waals surface area contributed by atoms with Gasteiger partial charge in [-0.2, -0.15) is 0 Å². The summed E-state index contributed by atoms with van der Waals surface area (Å²) < 4.78 is 5.74. The fraction of sp³-hybridized carbons (Fsp3) is 0.714. The van der Waals surface area contributed by atoms with Crippen LogP contribution < -0.4 is 0 Å². The van der Waals surface area contributed by atoms with Gasteiger partial charge in [-0.25, -0.2) is 0 Å². The zero-order chi connectivity index (χ0) is 13.0. The molecule has 1 N–H and O–H groups in total. The van der Waals surface area contributed by atoms with Crippen molar-refractivity contribution in [3.63, 3.8) is 0 Å². The second kappa shape index (κ2) is 6.14. The zero-order valence-corrected chi connectivity index (χ0v) is 10.5. The predicted molar refractivity (Wildman–Crippen MR) is 66.2 cm³/mol. The third-order valence-electron chi connectivity index (χ3n) is 3.92. The molecule has 0 spiro atoms. The number of hydrogen-bond acceptors (Lipinski definition) is 3. The third-order valence-corrected chi connectivity index (χ3v) is 3.92. The van der Waals surface area contributed by atoms with E-state index in [4.69, 9.17) is 9.84 Å². The Morgan fingerprint density at radius 2 is 1.94 bits per heavy atom. The number of carboxylic acid groups (broad SMARTS) is 1. The number of fused-ring (bicyclic) bond motifs is 2. The molecule has 2 saturated heterocycles. The van der Waals surface area contributed by atoms with Crippen LogP contribution in [0.2, 0.25) is 0 Å². The van der Waals surface area contributed by atoms with Gasteiger partial charge in [0.15, 0.2) is 0 Å². The molecule has 18 heavy (non-hydrogen) atoms. The number of rotatable bonds is 7. The van der Waals surface area contributed by atoms with Crippen LogP contribution in [0, 0.1) is 11.8 Å². The average molecular weight is 252 g/mol. The Labute approximate surface area is 107 Å². The molecule has 4 heteroatoms. The number of aliphatic carboxylic acids is 1. The van der Waals surface area contributed by atoms with Crippen LogP contribution >= 0.6 is 0 Å². The van der Waals surface area contributed by atoms with Gasteiger partial charge in [0.25, 0.3) is 0 Å². The first-order valence-corrected chi connectivity index (χ1v) is 6.71. The maximum Gasteiger partial charge on any atom is 0.303 e. The molecule has 0 radical (unpaired) electrons. The lowest BCUT2D eigenvalue weighted by molar-refractivity contribution is -0.137. The van der Waals surface area contributed by atoms with Gasteiger partial charge in [-0.15, -0.1) is 0 Å². The van der Waals surface area contributed by atoms with Gasteiger partial charge in [0.2, 0.25) is 0 Å². The molecule has 2 aliphatic rings. The topological polar surface area (TPSA) is 63.6 Å². The van der Waals surface area contributed by atoms with Crippen molar-refractivity contribution in [1.82, 2.24) is 0 Å². The molecule has 0 aromatic heterocycles. The number of carbonyl (C=O) groups is 2. The van der Waals surface area contributed by atoms with Gasteiger partial charge in [-0.3, -0.25) is 4.79 Å². The molecule has 2 rings (SSSR count). The number of ether oxygens (including phenoxy) is 1. The summed E-state index contributed by atoms with van der Waals surface area (Å²) in [6.07, 6.45) is 10.4. The molecule has 2 heterocycles. The van der Waals surface area contributed by atoms with Gasteiger partial charge in [0.05, 0.1) is 12.2 Å². The minimum absolute atomic E-state index is 0.0269. The highest BCUT2D eigenvalue weighted by molar-refractivity contribution is 5.66. The molecule has 4 nitrogen and oxygen atoms in total. The fourth-order valence-electron chi connectivity index (χ4n) is 2.97. The minimum atomic E-state index is -0.735. The number of carboxylic acids is 1. The highest BCUT2D eigenvalue weighted by atomic mass is 16.5. The smallest absolute Gasteiger partial charge is 0.303 e. The lowest BCUT2D eigenvalue weighted by Crippen LogP contribution is -2.26. The number of aldehydes is 1. The van der Waals surface area contributed by atoms with E-state index in [1.165, 1.54) is 0 Å². The van der Waals surface area contributed by atoms with Crippen molar-refractivity contribution in [2.45, 2.75) is 50.7 Å². The van der Waals surface area contributed by atoms with E-state index in [1.54, 1.807) is 0 Å². The molecule has 2 fully saturated rings. The van der Waals surface area contributed by atoms with Gasteiger partial charge in [0, 0.05) is 18.3 Å². The van der Waals surface area contributed by atoms with Crippen LogP contribution in [0.4, 0.5) is 0 Å². The summed E-state index contributed by atoms with van der Waals surface area (Å²) in [4.78, 5) is 21.4. The molecule has 0 aromatic rings. The maximum absolute atomic E-state index is 11.0. The highest BCUT2D eigenvalue weighted by Gasteiger charge is 2.47. The molecule has 0 unspecified atom stereocenters. The number of allylic oxidation sites excluding steroid dienone is 1. The first-order valence-electron chi connectivity index (χ1n) is 6.71. The first-order chi connectivity index (χ1) is 8.72. The van der Waals surface area contributed by atoms with Crippen LogP contribution in [0.3, 0.4) is 0 Å². The lowest BCUT2D eigenvalue weighted by atomic mass is 9.80. The van der Waals surface area contributed by atoms with E-state index in [2.05, 4.69) is 12.2 Å².